The Balaban J connectivity index is 1.47. The fraction of sp³-hybridized carbons (Fsp3) is 0.458. The summed E-state index contributed by atoms with van der Waals surface area (Å²) >= 11 is 0. The number of rotatable bonds is 10. The van der Waals surface area contributed by atoms with E-state index in [1.165, 1.54) is 18.4 Å². The Morgan fingerprint density at radius 3 is 2.34 bits per heavy atom. The third kappa shape index (κ3) is 6.31. The highest BCUT2D eigenvalue weighted by Gasteiger charge is 2.43. The van der Waals surface area contributed by atoms with Crippen molar-refractivity contribution in [2.24, 2.45) is 4.99 Å². The Morgan fingerprint density at radius 1 is 1.07 bits per heavy atom. The number of aliphatic imine (C=N–C) groups is 1. The molecular weight excluding hydrogens is 362 g/mol. The Bertz CT molecular complexity index is 760. The topological polar surface area (TPSA) is 65.9 Å². The molecule has 5 heteroatoms. The molecule has 0 aliphatic heterocycles. The summed E-state index contributed by atoms with van der Waals surface area (Å²) in [5.41, 5.74) is 2.65. The van der Waals surface area contributed by atoms with Gasteiger partial charge in [-0.3, -0.25) is 4.99 Å². The molecule has 2 aromatic carbocycles. The van der Waals surface area contributed by atoms with Gasteiger partial charge in [-0.25, -0.2) is 0 Å². The number of aliphatic hydroxyl groups is 1. The lowest BCUT2D eigenvalue weighted by Crippen LogP contribution is -2.42. The van der Waals surface area contributed by atoms with Crippen LogP contribution in [0.3, 0.4) is 0 Å². The zero-order valence-electron chi connectivity index (χ0n) is 17.5. The van der Waals surface area contributed by atoms with E-state index in [-0.39, 0.29) is 18.1 Å². The number of ether oxygens (including phenoxy) is 1. The van der Waals surface area contributed by atoms with Crippen LogP contribution in [0.5, 0.6) is 0 Å². The molecule has 29 heavy (non-hydrogen) atoms. The van der Waals surface area contributed by atoms with E-state index in [1.54, 1.807) is 0 Å². The fourth-order valence-corrected chi connectivity index (χ4v) is 3.40. The second-order valence-corrected chi connectivity index (χ2v) is 7.76. The minimum absolute atomic E-state index is 0.0478. The molecule has 2 atom stereocenters. The minimum Gasteiger partial charge on any atom is -0.389 e. The highest BCUT2D eigenvalue weighted by atomic mass is 16.5. The lowest BCUT2D eigenvalue weighted by atomic mass is 9.96. The smallest absolute Gasteiger partial charge is 0.191 e. The number of hydrogen-bond acceptors (Lipinski definition) is 3. The van der Waals surface area contributed by atoms with Crippen LogP contribution in [0, 0.1) is 0 Å². The molecule has 3 N–H and O–H groups in total. The Kier molecular flexibility index (Phi) is 7.67. The zero-order valence-corrected chi connectivity index (χ0v) is 17.5. The van der Waals surface area contributed by atoms with Crippen LogP contribution in [-0.4, -0.2) is 43.4 Å². The molecule has 1 aliphatic rings. The van der Waals surface area contributed by atoms with Crippen molar-refractivity contribution in [1.29, 1.82) is 0 Å². The SMILES string of the molecule is CCNC(=NCC1(c2ccccc2)CC1)NCC(O)COC(C)c1ccccc1. The van der Waals surface area contributed by atoms with E-state index < -0.39 is 6.10 Å². The molecule has 5 nitrogen and oxygen atoms in total. The van der Waals surface area contributed by atoms with Crippen LogP contribution >= 0.6 is 0 Å². The van der Waals surface area contributed by atoms with Gasteiger partial charge in [0.1, 0.15) is 0 Å². The first-order valence-corrected chi connectivity index (χ1v) is 10.6. The summed E-state index contributed by atoms with van der Waals surface area (Å²) < 4.78 is 5.81. The summed E-state index contributed by atoms with van der Waals surface area (Å²) in [5.74, 6) is 0.741. The van der Waals surface area contributed by atoms with Gasteiger partial charge in [0.25, 0.3) is 0 Å². The molecule has 2 unspecified atom stereocenters. The molecular formula is C24H33N3O2. The lowest BCUT2D eigenvalue weighted by Gasteiger charge is -2.19. The maximum Gasteiger partial charge on any atom is 0.191 e. The van der Waals surface area contributed by atoms with Crippen molar-refractivity contribution in [3.63, 3.8) is 0 Å². The van der Waals surface area contributed by atoms with Crippen LogP contribution in [0.2, 0.25) is 0 Å². The van der Waals surface area contributed by atoms with Crippen LogP contribution < -0.4 is 10.6 Å². The predicted molar refractivity (Wildman–Crippen MR) is 118 cm³/mol. The molecule has 3 rings (SSSR count). The van der Waals surface area contributed by atoms with Gasteiger partial charge in [-0.05, 0) is 37.8 Å². The van der Waals surface area contributed by atoms with Crippen LogP contribution in [0.25, 0.3) is 0 Å². The summed E-state index contributed by atoms with van der Waals surface area (Å²) in [5, 5.41) is 16.8. The van der Waals surface area contributed by atoms with Crippen molar-refractivity contribution in [1.82, 2.24) is 10.6 Å². The van der Waals surface area contributed by atoms with Gasteiger partial charge >= 0.3 is 0 Å². The second kappa shape index (κ2) is 10.4. The summed E-state index contributed by atoms with van der Waals surface area (Å²) in [6.45, 7) is 6.25. The van der Waals surface area contributed by atoms with Crippen molar-refractivity contribution in [3.8, 4) is 0 Å². The van der Waals surface area contributed by atoms with Gasteiger partial charge in [-0.2, -0.15) is 0 Å². The average molecular weight is 396 g/mol. The van der Waals surface area contributed by atoms with Crippen molar-refractivity contribution >= 4 is 5.96 Å². The maximum absolute atomic E-state index is 10.3. The maximum atomic E-state index is 10.3. The third-order valence-corrected chi connectivity index (χ3v) is 5.44. The van der Waals surface area contributed by atoms with Crippen molar-refractivity contribution < 1.29 is 9.84 Å². The largest absolute Gasteiger partial charge is 0.389 e. The number of guanidine groups is 1. The monoisotopic (exact) mass is 395 g/mol. The summed E-state index contributed by atoms with van der Waals surface area (Å²) in [6, 6.07) is 20.7. The molecule has 0 bridgehead atoms. The lowest BCUT2D eigenvalue weighted by molar-refractivity contribution is -0.000599. The summed E-state index contributed by atoms with van der Waals surface area (Å²) in [6.07, 6.45) is 1.70. The third-order valence-electron chi connectivity index (χ3n) is 5.44. The van der Waals surface area contributed by atoms with Crippen molar-refractivity contribution in [2.75, 3.05) is 26.2 Å². The minimum atomic E-state index is -0.603. The van der Waals surface area contributed by atoms with Crippen LogP contribution in [0.4, 0.5) is 0 Å². The zero-order chi connectivity index (χ0) is 20.5. The van der Waals surface area contributed by atoms with E-state index in [2.05, 4.69) is 41.0 Å². The summed E-state index contributed by atoms with van der Waals surface area (Å²) in [4.78, 5) is 4.78. The number of nitrogens with zero attached hydrogens (tertiary/aromatic N) is 1. The Hall–Kier alpha value is -2.37. The van der Waals surface area contributed by atoms with Gasteiger partial charge in [-0.1, -0.05) is 60.7 Å². The van der Waals surface area contributed by atoms with Crippen LogP contribution in [0.1, 0.15) is 43.9 Å². The summed E-state index contributed by atoms with van der Waals surface area (Å²) in [7, 11) is 0. The highest BCUT2D eigenvalue weighted by Crippen LogP contribution is 2.48. The molecule has 0 heterocycles. The molecule has 0 spiro atoms. The molecule has 2 aromatic rings. The van der Waals surface area contributed by atoms with E-state index >= 15 is 0 Å². The fourth-order valence-electron chi connectivity index (χ4n) is 3.40. The normalized spacial score (nSPS) is 17.4. The molecule has 1 saturated carbocycles. The number of aliphatic hydroxyl groups excluding tert-OH is 1. The van der Waals surface area contributed by atoms with E-state index in [9.17, 15) is 5.11 Å². The van der Waals surface area contributed by atoms with Crippen molar-refractivity contribution in [3.05, 3.63) is 71.8 Å². The first kappa shape index (κ1) is 21.3. The molecule has 0 amide bonds. The number of nitrogens with one attached hydrogen (secondary N) is 2. The predicted octanol–water partition coefficient (Wildman–Crippen LogP) is 3.41. The Morgan fingerprint density at radius 2 is 1.72 bits per heavy atom. The van der Waals surface area contributed by atoms with Gasteiger partial charge in [0.2, 0.25) is 0 Å². The molecule has 1 fully saturated rings. The first-order chi connectivity index (χ1) is 14.1. The van der Waals surface area contributed by atoms with E-state index in [0.717, 1.165) is 24.6 Å². The van der Waals surface area contributed by atoms with E-state index in [0.29, 0.717) is 6.54 Å². The number of benzene rings is 2. The van der Waals surface area contributed by atoms with Crippen molar-refractivity contribution in [2.45, 2.75) is 44.3 Å². The quantitative estimate of drug-likeness (QED) is 0.426. The van der Waals surface area contributed by atoms with Gasteiger partial charge in [-0.15, -0.1) is 0 Å². The molecule has 0 aromatic heterocycles. The van der Waals surface area contributed by atoms with Crippen LogP contribution in [0.15, 0.2) is 65.7 Å². The molecule has 0 saturated heterocycles. The van der Waals surface area contributed by atoms with Gasteiger partial charge in [0.15, 0.2) is 5.96 Å². The van der Waals surface area contributed by atoms with Gasteiger partial charge < -0.3 is 20.5 Å². The van der Waals surface area contributed by atoms with Gasteiger partial charge in [0, 0.05) is 18.5 Å². The van der Waals surface area contributed by atoms with Gasteiger partial charge in [0.05, 0.1) is 25.4 Å². The number of hydrogen-bond donors (Lipinski definition) is 3. The van der Waals surface area contributed by atoms with E-state index in [1.807, 2.05) is 44.2 Å². The molecule has 0 radical (unpaired) electrons. The molecule has 156 valence electrons. The Labute approximate surface area is 174 Å². The highest BCUT2D eigenvalue weighted by molar-refractivity contribution is 5.79. The first-order valence-electron chi connectivity index (χ1n) is 10.6. The van der Waals surface area contributed by atoms with E-state index in [4.69, 9.17) is 9.73 Å². The second-order valence-electron chi connectivity index (χ2n) is 7.76. The van der Waals surface area contributed by atoms with Crippen LogP contribution in [-0.2, 0) is 10.2 Å². The standard InChI is InChI=1S/C24H33N3O2/c1-3-25-23(27-18-24(14-15-24)21-12-8-5-9-13-21)26-16-22(28)17-29-19(2)20-10-6-4-7-11-20/h4-13,19,22,28H,3,14-18H2,1-2H3,(H2,25,26,27). The average Bonchev–Trinajstić information content (AvgIpc) is 3.56. The molecule has 1 aliphatic carbocycles.